The van der Waals surface area contributed by atoms with Crippen LogP contribution in [0.15, 0.2) is 5.03 Å². The van der Waals surface area contributed by atoms with Crippen molar-refractivity contribution in [3.05, 3.63) is 22.4 Å². The largest absolute Gasteiger partial charge is 0.351 e. The van der Waals surface area contributed by atoms with Gasteiger partial charge in [-0.1, -0.05) is 11.8 Å². The summed E-state index contributed by atoms with van der Waals surface area (Å²) in [6, 6.07) is 1.91. The minimum atomic E-state index is -3.03. The Morgan fingerprint density at radius 1 is 1.44 bits per heavy atom. The van der Waals surface area contributed by atoms with E-state index in [0.717, 1.165) is 30.5 Å². The molecule has 0 spiro atoms. The number of rotatable bonds is 4. The van der Waals surface area contributed by atoms with Crippen molar-refractivity contribution in [2.75, 3.05) is 11.5 Å². The van der Waals surface area contributed by atoms with Crippen LogP contribution in [0, 0.1) is 18.3 Å². The lowest BCUT2D eigenvalue weighted by Crippen LogP contribution is -2.40. The zero-order valence-corrected chi connectivity index (χ0v) is 16.0. The molecule has 1 saturated heterocycles. The molecule has 1 N–H and O–H groups in total. The van der Waals surface area contributed by atoms with Gasteiger partial charge >= 0.3 is 0 Å². The van der Waals surface area contributed by atoms with Gasteiger partial charge < -0.3 is 5.32 Å². The third kappa shape index (κ3) is 3.82. The van der Waals surface area contributed by atoms with Crippen molar-refractivity contribution in [3.8, 4) is 6.07 Å². The standard InChI is InChI=1S/C17H21N3O3S2/c1-10-13-4-3-5-15(13)20-17(14(10)8-18)24-11(2)16(21)19-12-6-7-25(22,23)9-12/h11-12H,3-7,9H2,1-2H3,(H,19,21)/t11-,12+/m0/s1. The Balaban J connectivity index is 1.73. The molecule has 0 unspecified atom stereocenters. The van der Waals surface area contributed by atoms with Crippen molar-refractivity contribution in [2.24, 2.45) is 0 Å². The first-order chi connectivity index (χ1) is 11.8. The number of aromatic nitrogens is 1. The van der Waals surface area contributed by atoms with Crippen molar-refractivity contribution >= 4 is 27.5 Å². The van der Waals surface area contributed by atoms with Crippen LogP contribution in [0.5, 0.6) is 0 Å². The maximum atomic E-state index is 12.4. The molecule has 2 heterocycles. The number of sulfone groups is 1. The molecule has 25 heavy (non-hydrogen) atoms. The molecule has 1 aromatic rings. The van der Waals surface area contributed by atoms with Gasteiger partial charge in [-0.2, -0.15) is 5.26 Å². The van der Waals surface area contributed by atoms with Gasteiger partial charge in [-0.15, -0.1) is 0 Å². The van der Waals surface area contributed by atoms with Gasteiger partial charge in [0.2, 0.25) is 5.91 Å². The maximum Gasteiger partial charge on any atom is 0.233 e. The van der Waals surface area contributed by atoms with Crippen molar-refractivity contribution in [1.29, 1.82) is 5.26 Å². The molecule has 0 aromatic carbocycles. The number of amides is 1. The van der Waals surface area contributed by atoms with Gasteiger partial charge in [-0.3, -0.25) is 4.79 Å². The molecule has 2 atom stereocenters. The molecule has 1 amide bonds. The van der Waals surface area contributed by atoms with Gasteiger partial charge in [0, 0.05) is 11.7 Å². The minimum absolute atomic E-state index is 0.00970. The summed E-state index contributed by atoms with van der Waals surface area (Å²) in [4.78, 5) is 17.0. The van der Waals surface area contributed by atoms with E-state index in [1.165, 1.54) is 17.3 Å². The smallest absolute Gasteiger partial charge is 0.233 e. The van der Waals surface area contributed by atoms with Crippen LogP contribution in [0.2, 0.25) is 0 Å². The summed E-state index contributed by atoms with van der Waals surface area (Å²) in [5.41, 5.74) is 3.73. The van der Waals surface area contributed by atoms with Crippen LogP contribution in [0.25, 0.3) is 0 Å². The van der Waals surface area contributed by atoms with Gasteiger partial charge in [0.15, 0.2) is 9.84 Å². The van der Waals surface area contributed by atoms with Crippen LogP contribution >= 0.6 is 11.8 Å². The number of nitriles is 1. The molecular formula is C17H21N3O3S2. The predicted molar refractivity (Wildman–Crippen MR) is 96.2 cm³/mol. The number of carbonyl (C=O) groups is 1. The molecule has 6 nitrogen and oxygen atoms in total. The van der Waals surface area contributed by atoms with Gasteiger partial charge in [0.1, 0.15) is 11.1 Å². The van der Waals surface area contributed by atoms with E-state index in [4.69, 9.17) is 0 Å². The second kappa shape index (κ2) is 6.96. The zero-order chi connectivity index (χ0) is 18.2. The van der Waals surface area contributed by atoms with Gasteiger partial charge in [0.05, 0.1) is 22.3 Å². The lowest BCUT2D eigenvalue weighted by atomic mass is 10.0. The highest BCUT2D eigenvalue weighted by Crippen LogP contribution is 2.33. The van der Waals surface area contributed by atoms with Gasteiger partial charge in [0.25, 0.3) is 0 Å². The van der Waals surface area contributed by atoms with E-state index in [1.807, 2.05) is 6.92 Å². The molecule has 0 radical (unpaired) electrons. The first kappa shape index (κ1) is 18.2. The van der Waals surface area contributed by atoms with Crippen LogP contribution in [0.3, 0.4) is 0 Å². The second-order valence-electron chi connectivity index (χ2n) is 6.68. The van der Waals surface area contributed by atoms with E-state index in [-0.39, 0.29) is 23.5 Å². The van der Waals surface area contributed by atoms with Crippen LogP contribution in [0.1, 0.15) is 42.1 Å². The van der Waals surface area contributed by atoms with E-state index < -0.39 is 15.1 Å². The molecule has 3 rings (SSSR count). The fraction of sp³-hybridized carbons (Fsp3) is 0.588. The van der Waals surface area contributed by atoms with Gasteiger partial charge in [-0.25, -0.2) is 13.4 Å². The summed E-state index contributed by atoms with van der Waals surface area (Å²) in [6.45, 7) is 3.71. The Hall–Kier alpha value is -1.59. The number of pyridine rings is 1. The number of aryl methyl sites for hydroxylation is 1. The molecule has 1 aliphatic heterocycles. The number of hydrogen-bond acceptors (Lipinski definition) is 6. The zero-order valence-electron chi connectivity index (χ0n) is 14.3. The molecule has 134 valence electrons. The van der Waals surface area contributed by atoms with Gasteiger partial charge in [-0.05, 0) is 50.7 Å². The first-order valence-electron chi connectivity index (χ1n) is 8.40. The van der Waals surface area contributed by atoms with E-state index in [1.54, 1.807) is 6.92 Å². The molecule has 0 saturated carbocycles. The quantitative estimate of drug-likeness (QED) is 0.797. The number of carbonyl (C=O) groups excluding carboxylic acids is 1. The Labute approximate surface area is 152 Å². The van der Waals surface area contributed by atoms with Crippen LogP contribution in [0.4, 0.5) is 0 Å². The van der Waals surface area contributed by atoms with Crippen molar-refractivity contribution in [3.63, 3.8) is 0 Å². The number of nitrogens with one attached hydrogen (secondary N) is 1. The van der Waals surface area contributed by atoms with Crippen LogP contribution in [-0.2, 0) is 27.5 Å². The Kier molecular flexibility index (Phi) is 5.07. The number of hydrogen-bond donors (Lipinski definition) is 1. The number of thioether (sulfide) groups is 1. The summed E-state index contributed by atoms with van der Waals surface area (Å²) in [6.07, 6.45) is 3.38. The second-order valence-corrected chi connectivity index (χ2v) is 10.2. The Morgan fingerprint density at radius 2 is 2.20 bits per heavy atom. The lowest BCUT2D eigenvalue weighted by Gasteiger charge is -2.17. The average Bonchev–Trinajstić information content (AvgIpc) is 3.14. The van der Waals surface area contributed by atoms with Crippen molar-refractivity contribution < 1.29 is 13.2 Å². The highest BCUT2D eigenvalue weighted by molar-refractivity contribution is 8.00. The van der Waals surface area contributed by atoms with E-state index in [9.17, 15) is 18.5 Å². The highest BCUT2D eigenvalue weighted by atomic mass is 32.2. The summed E-state index contributed by atoms with van der Waals surface area (Å²) in [5.74, 6) is -0.0738. The van der Waals surface area contributed by atoms with Crippen molar-refractivity contribution in [2.45, 2.75) is 55.8 Å². The van der Waals surface area contributed by atoms with Crippen LogP contribution in [-0.4, -0.2) is 42.1 Å². The molecular weight excluding hydrogens is 358 g/mol. The minimum Gasteiger partial charge on any atom is -0.351 e. The van der Waals surface area contributed by atoms with Crippen molar-refractivity contribution in [1.82, 2.24) is 10.3 Å². The van der Waals surface area contributed by atoms with E-state index in [0.29, 0.717) is 17.0 Å². The topological polar surface area (TPSA) is 99.9 Å². The number of nitrogens with zero attached hydrogens (tertiary/aromatic N) is 2. The lowest BCUT2D eigenvalue weighted by molar-refractivity contribution is -0.120. The summed E-state index contributed by atoms with van der Waals surface area (Å²) < 4.78 is 23.0. The molecule has 0 bridgehead atoms. The summed E-state index contributed by atoms with van der Waals surface area (Å²) >= 11 is 1.27. The van der Waals surface area contributed by atoms with E-state index in [2.05, 4.69) is 16.4 Å². The predicted octanol–water partition coefficient (Wildman–Crippen LogP) is 1.53. The van der Waals surface area contributed by atoms with Crippen LogP contribution < -0.4 is 5.32 Å². The summed E-state index contributed by atoms with van der Waals surface area (Å²) in [7, 11) is -3.03. The average molecular weight is 380 g/mol. The third-order valence-electron chi connectivity index (χ3n) is 4.81. The molecule has 8 heteroatoms. The fourth-order valence-corrected chi connectivity index (χ4v) is 6.07. The van der Waals surface area contributed by atoms with E-state index >= 15 is 0 Å². The monoisotopic (exact) mass is 379 g/mol. The summed E-state index contributed by atoms with van der Waals surface area (Å²) in [5, 5.41) is 12.5. The highest BCUT2D eigenvalue weighted by Gasteiger charge is 2.31. The number of fused-ring (bicyclic) bond motifs is 1. The SMILES string of the molecule is Cc1c(C#N)c(S[C@@H](C)C(=O)N[C@@H]2CCS(=O)(=O)C2)nc2c1CCC2. The molecule has 1 aliphatic carbocycles. The third-order valence-corrected chi connectivity index (χ3v) is 7.67. The molecule has 2 aliphatic rings. The first-order valence-corrected chi connectivity index (χ1v) is 11.1. The normalized spacial score (nSPS) is 22.2. The maximum absolute atomic E-state index is 12.4. The molecule has 1 aromatic heterocycles. The Morgan fingerprint density at radius 3 is 2.84 bits per heavy atom. The molecule has 1 fully saturated rings. The fourth-order valence-electron chi connectivity index (χ4n) is 3.41. The Bertz CT molecular complexity index is 859.